The second-order valence-corrected chi connectivity index (χ2v) is 13.7. The molecule has 0 spiro atoms. The van der Waals surface area contributed by atoms with Gasteiger partial charge in [-0.1, -0.05) is 25.1 Å². The second-order valence-electron chi connectivity index (χ2n) is 12.7. The summed E-state index contributed by atoms with van der Waals surface area (Å²) in [6.45, 7) is 3.21. The van der Waals surface area contributed by atoms with Gasteiger partial charge < -0.3 is 19.0 Å². The van der Waals surface area contributed by atoms with Gasteiger partial charge in [-0.25, -0.2) is 19.1 Å². The van der Waals surface area contributed by atoms with Crippen molar-refractivity contribution >= 4 is 27.5 Å². The molecule has 0 radical (unpaired) electrons. The van der Waals surface area contributed by atoms with Crippen LogP contribution in [0.2, 0.25) is 0 Å². The maximum Gasteiger partial charge on any atom is 0.387 e. The predicted molar refractivity (Wildman–Crippen MR) is 163 cm³/mol. The number of rotatable bonds is 10. The number of halogens is 2. The average Bonchev–Trinajstić information content (AvgIpc) is 3.74. The van der Waals surface area contributed by atoms with Crippen LogP contribution in [0, 0.1) is 24.7 Å². The van der Waals surface area contributed by atoms with Crippen LogP contribution in [-0.2, 0) is 21.6 Å². The third-order valence-corrected chi connectivity index (χ3v) is 10.6. The van der Waals surface area contributed by atoms with Gasteiger partial charge in [-0.05, 0) is 75.8 Å². The molecule has 4 aromatic rings. The van der Waals surface area contributed by atoms with E-state index in [0.717, 1.165) is 41.6 Å². The summed E-state index contributed by atoms with van der Waals surface area (Å²) in [5, 5.41) is 10.2. The highest BCUT2D eigenvalue weighted by Crippen LogP contribution is 2.49. The average molecular weight is 644 g/mol. The number of alkyl halides is 2. The minimum Gasteiger partial charge on any atom is -0.480 e. The van der Waals surface area contributed by atoms with Crippen molar-refractivity contribution in [1.82, 2.24) is 14.1 Å². The number of carbonyl (C=O) groups is 1. The molecule has 2 aliphatic rings. The zero-order valence-electron chi connectivity index (χ0n) is 25.4. The van der Waals surface area contributed by atoms with Crippen LogP contribution >= 0.6 is 11.3 Å². The molecule has 0 amide bonds. The number of oxazole rings is 1. The minimum atomic E-state index is -3.09. The monoisotopic (exact) mass is 643 g/mol. The van der Waals surface area contributed by atoms with Gasteiger partial charge >= 0.3 is 18.3 Å². The van der Waals surface area contributed by atoms with Crippen LogP contribution in [0.4, 0.5) is 8.78 Å². The van der Waals surface area contributed by atoms with Crippen LogP contribution in [0.25, 0.3) is 21.0 Å². The molecule has 10 nitrogen and oxygen atoms in total. The Morgan fingerprint density at radius 1 is 1.18 bits per heavy atom. The molecular weight excluding hydrogens is 608 g/mol. The van der Waals surface area contributed by atoms with Crippen LogP contribution in [0.3, 0.4) is 0 Å². The Morgan fingerprint density at radius 3 is 2.49 bits per heavy atom. The van der Waals surface area contributed by atoms with E-state index in [-0.39, 0.29) is 34.5 Å². The highest BCUT2D eigenvalue weighted by Gasteiger charge is 2.42. The molecule has 13 heteroatoms. The van der Waals surface area contributed by atoms with Gasteiger partial charge in [-0.2, -0.15) is 8.78 Å². The summed E-state index contributed by atoms with van der Waals surface area (Å²) < 4.78 is 46.2. The van der Waals surface area contributed by atoms with Crippen LogP contribution in [0.5, 0.6) is 5.75 Å². The smallest absolute Gasteiger partial charge is 0.387 e. The van der Waals surface area contributed by atoms with Crippen LogP contribution < -0.4 is 16.0 Å². The molecule has 0 aliphatic heterocycles. The Hall–Kier alpha value is -3.84. The largest absolute Gasteiger partial charge is 0.480 e. The number of thiophene rings is 1. The van der Waals surface area contributed by atoms with Gasteiger partial charge in [0.25, 0.3) is 5.56 Å². The molecule has 1 aromatic carbocycles. The third-order valence-electron chi connectivity index (χ3n) is 9.32. The summed E-state index contributed by atoms with van der Waals surface area (Å²) in [5.74, 6) is 0.441. The maximum absolute atomic E-state index is 14.2. The summed E-state index contributed by atoms with van der Waals surface area (Å²) >= 11 is 1.11. The van der Waals surface area contributed by atoms with E-state index in [1.54, 1.807) is 25.1 Å². The van der Waals surface area contributed by atoms with Gasteiger partial charge in [-0.3, -0.25) is 9.36 Å². The van der Waals surface area contributed by atoms with E-state index < -0.39 is 35.5 Å². The number of nitrogens with zero attached hydrogens (tertiary/aromatic N) is 3. The van der Waals surface area contributed by atoms with Crippen LogP contribution in [0.1, 0.15) is 63.7 Å². The number of aliphatic carboxylic acids is 1. The Kier molecular flexibility index (Phi) is 8.19. The van der Waals surface area contributed by atoms with Crippen molar-refractivity contribution in [1.29, 1.82) is 0 Å². The summed E-state index contributed by atoms with van der Waals surface area (Å²) in [5.41, 5.74) is -2.74. The van der Waals surface area contributed by atoms with Crippen molar-refractivity contribution in [2.24, 2.45) is 17.8 Å². The molecule has 2 saturated carbocycles. The van der Waals surface area contributed by atoms with Crippen molar-refractivity contribution in [2.75, 3.05) is 0 Å². The lowest BCUT2D eigenvalue weighted by atomic mass is 10.0. The van der Waals surface area contributed by atoms with Gasteiger partial charge in [-0.15, -0.1) is 11.3 Å². The fourth-order valence-electron chi connectivity index (χ4n) is 7.17. The molecule has 5 atom stereocenters. The first-order valence-electron chi connectivity index (χ1n) is 15.0. The van der Waals surface area contributed by atoms with Gasteiger partial charge in [0.05, 0.1) is 29.1 Å². The Bertz CT molecular complexity index is 1830. The van der Waals surface area contributed by atoms with E-state index in [2.05, 4.69) is 11.9 Å². The number of hydrogen-bond donors (Lipinski definition) is 1. The first-order valence-corrected chi connectivity index (χ1v) is 15.8. The number of para-hydroxylation sites is 1. The lowest BCUT2D eigenvalue weighted by molar-refractivity contribution is -0.146. The molecule has 0 saturated heterocycles. The highest BCUT2D eigenvalue weighted by atomic mass is 32.1. The fraction of sp³-hybridized carbons (Fsp3) is 0.500. The molecule has 240 valence electrons. The SMILES string of the molecule is Cc1c(-c2ncco2)sc2c1c(=O)n(C(C)(C)C(=O)O)c(=O)n2CC(OC1C[C@H]2CC(C)C[C@H]2C1)c1ccccc1OC(F)F. The molecule has 1 N–H and O–H groups in total. The molecule has 3 heterocycles. The van der Waals surface area contributed by atoms with E-state index in [9.17, 15) is 28.3 Å². The number of aryl methyl sites for hydroxylation is 1. The van der Waals surface area contributed by atoms with Crippen molar-refractivity contribution in [3.63, 3.8) is 0 Å². The van der Waals surface area contributed by atoms with Crippen molar-refractivity contribution in [3.8, 4) is 16.5 Å². The first-order chi connectivity index (χ1) is 21.4. The number of aromatic nitrogens is 3. The fourth-order valence-corrected chi connectivity index (χ4v) is 8.41. The van der Waals surface area contributed by atoms with E-state index in [1.807, 2.05) is 0 Å². The summed E-state index contributed by atoms with van der Waals surface area (Å²) in [6.07, 6.45) is 5.56. The number of carboxylic acids is 1. The number of benzene rings is 1. The molecule has 0 bridgehead atoms. The van der Waals surface area contributed by atoms with Crippen molar-refractivity contribution in [2.45, 2.75) is 84.3 Å². The minimum absolute atomic E-state index is 0.0874. The summed E-state index contributed by atoms with van der Waals surface area (Å²) in [7, 11) is 0. The number of hydrogen-bond acceptors (Lipinski definition) is 8. The quantitative estimate of drug-likeness (QED) is 0.217. The molecule has 6 rings (SSSR count). The maximum atomic E-state index is 14.2. The number of fused-ring (bicyclic) bond motifs is 2. The second kappa shape index (κ2) is 11.8. The topological polar surface area (TPSA) is 126 Å². The van der Waals surface area contributed by atoms with Crippen LogP contribution in [0.15, 0.2) is 50.7 Å². The lowest BCUT2D eigenvalue weighted by Gasteiger charge is -2.28. The molecule has 3 unspecified atom stereocenters. The molecule has 2 fully saturated rings. The van der Waals surface area contributed by atoms with Gasteiger partial charge in [0.15, 0.2) is 0 Å². The molecule has 2 aliphatic carbocycles. The normalized spacial score (nSPS) is 22.3. The first kappa shape index (κ1) is 31.2. The Balaban J connectivity index is 1.53. The predicted octanol–water partition coefficient (Wildman–Crippen LogP) is 6.19. The van der Waals surface area contributed by atoms with Gasteiger partial charge in [0.2, 0.25) is 5.89 Å². The zero-order chi connectivity index (χ0) is 32.2. The van der Waals surface area contributed by atoms with Gasteiger partial charge in [0.1, 0.15) is 28.5 Å². The Labute approximate surface area is 261 Å². The standard InChI is InChI=1S/C32H35F2N3O7S/c1-16-11-18-13-20(14-19(18)12-16)43-23(21-7-5-6-8-22(21)44-30(33)34)15-36-28-24(17(2)25(45-28)26-35-9-10-42-26)27(38)37(31(36)41)32(3,4)29(39)40/h5-10,16,18-20,23,30H,11-15H2,1-4H3,(H,39,40)/t16?,18-,19+,20?,23?. The van der Waals surface area contributed by atoms with Crippen LogP contribution in [-0.4, -0.2) is 37.9 Å². The van der Waals surface area contributed by atoms with E-state index >= 15 is 0 Å². The molecular formula is C32H35F2N3O7S. The van der Waals surface area contributed by atoms with E-state index in [4.69, 9.17) is 13.9 Å². The number of ether oxygens (including phenoxy) is 2. The Morgan fingerprint density at radius 2 is 1.87 bits per heavy atom. The summed E-state index contributed by atoms with van der Waals surface area (Å²) in [4.78, 5) is 45.5. The molecule has 3 aromatic heterocycles. The van der Waals surface area contributed by atoms with Gasteiger partial charge in [0, 0.05) is 5.56 Å². The summed E-state index contributed by atoms with van der Waals surface area (Å²) in [6, 6.07) is 6.30. The van der Waals surface area contributed by atoms with Crippen molar-refractivity contribution in [3.05, 3.63) is 68.7 Å². The van der Waals surface area contributed by atoms with E-state index in [0.29, 0.717) is 33.8 Å². The molecule has 45 heavy (non-hydrogen) atoms. The number of carboxylic acid groups (broad SMARTS) is 1. The lowest BCUT2D eigenvalue weighted by Crippen LogP contribution is -2.52. The van der Waals surface area contributed by atoms with Crippen molar-refractivity contribution < 1.29 is 32.6 Å². The highest BCUT2D eigenvalue weighted by molar-refractivity contribution is 7.22. The van der Waals surface area contributed by atoms with E-state index in [1.165, 1.54) is 36.9 Å². The zero-order valence-corrected chi connectivity index (χ0v) is 26.2. The third kappa shape index (κ3) is 5.60.